The molecule has 0 saturated carbocycles. The van der Waals surface area contributed by atoms with Gasteiger partial charge in [0.05, 0.1) is 12.1 Å². The Labute approximate surface area is 171 Å². The summed E-state index contributed by atoms with van der Waals surface area (Å²) >= 11 is 9.65. The van der Waals surface area contributed by atoms with E-state index in [2.05, 4.69) is 21.2 Å². The first-order valence-electron chi connectivity index (χ1n) is 8.29. The van der Waals surface area contributed by atoms with Gasteiger partial charge >= 0.3 is 0 Å². The molecule has 1 N–H and O–H groups in total. The van der Waals surface area contributed by atoms with Gasteiger partial charge in [0.2, 0.25) is 0 Å². The topological polar surface area (TPSA) is 30.5 Å². The molecule has 27 heavy (non-hydrogen) atoms. The summed E-state index contributed by atoms with van der Waals surface area (Å²) in [6.07, 6.45) is 0. The minimum atomic E-state index is -0.276. The number of hydrogen-bond donors (Lipinski definition) is 1. The minimum Gasteiger partial charge on any atom is -0.495 e. The first-order chi connectivity index (χ1) is 13.1. The fraction of sp³-hybridized carbons (Fsp3) is 0.143. The van der Waals surface area contributed by atoms with Crippen molar-refractivity contribution in [3.63, 3.8) is 0 Å². The number of methoxy groups -OCH3 is 1. The minimum absolute atomic E-state index is 0.162. The van der Waals surface area contributed by atoms with Crippen LogP contribution < -0.4 is 14.8 Å². The molecule has 0 aliphatic rings. The maximum absolute atomic E-state index is 13.8. The average molecular weight is 451 g/mol. The van der Waals surface area contributed by atoms with E-state index in [1.54, 1.807) is 37.4 Å². The number of nitrogens with one attached hydrogen (secondary N) is 1. The summed E-state index contributed by atoms with van der Waals surface area (Å²) < 4.78 is 25.8. The molecular formula is C21H18BrClFNO2. The van der Waals surface area contributed by atoms with E-state index < -0.39 is 0 Å². The van der Waals surface area contributed by atoms with E-state index in [0.29, 0.717) is 28.6 Å². The van der Waals surface area contributed by atoms with Crippen LogP contribution in [0.5, 0.6) is 11.5 Å². The van der Waals surface area contributed by atoms with Crippen LogP contribution in [0, 0.1) is 5.82 Å². The first-order valence-corrected chi connectivity index (χ1v) is 9.46. The van der Waals surface area contributed by atoms with Crippen LogP contribution >= 0.6 is 27.5 Å². The number of rotatable bonds is 7. The lowest BCUT2D eigenvalue weighted by Crippen LogP contribution is -2.05. The van der Waals surface area contributed by atoms with Gasteiger partial charge in [-0.2, -0.15) is 0 Å². The summed E-state index contributed by atoms with van der Waals surface area (Å²) in [5, 5.41) is 3.85. The van der Waals surface area contributed by atoms with Crippen LogP contribution in [-0.4, -0.2) is 7.11 Å². The number of halogens is 3. The van der Waals surface area contributed by atoms with Gasteiger partial charge in [0, 0.05) is 27.8 Å². The standard InChI is InChI=1S/C21H18BrClFNO2/c1-26-21-9-7-17(11-18(21)23)25-12-15-10-16(22)6-8-20(15)27-13-14-4-2-3-5-19(14)24/h2-11,25H,12-13H2,1H3. The molecular weight excluding hydrogens is 433 g/mol. The van der Waals surface area contributed by atoms with Crippen LogP contribution in [0.25, 0.3) is 0 Å². The molecule has 0 amide bonds. The second-order valence-corrected chi connectivity index (χ2v) is 7.16. The zero-order valence-corrected chi connectivity index (χ0v) is 17.0. The number of benzene rings is 3. The van der Waals surface area contributed by atoms with Crippen molar-refractivity contribution in [3.05, 3.63) is 87.1 Å². The normalized spacial score (nSPS) is 10.5. The third kappa shape index (κ3) is 5.15. The van der Waals surface area contributed by atoms with Gasteiger partial charge in [0.1, 0.15) is 23.9 Å². The van der Waals surface area contributed by atoms with Crippen molar-refractivity contribution >= 4 is 33.2 Å². The van der Waals surface area contributed by atoms with E-state index in [0.717, 1.165) is 15.7 Å². The monoisotopic (exact) mass is 449 g/mol. The van der Waals surface area contributed by atoms with Crippen molar-refractivity contribution in [2.75, 3.05) is 12.4 Å². The van der Waals surface area contributed by atoms with Gasteiger partial charge < -0.3 is 14.8 Å². The molecule has 3 aromatic rings. The predicted octanol–water partition coefficient (Wildman–Crippen LogP) is 6.44. The van der Waals surface area contributed by atoms with Gasteiger partial charge in [-0.25, -0.2) is 4.39 Å². The van der Waals surface area contributed by atoms with E-state index >= 15 is 0 Å². The summed E-state index contributed by atoms with van der Waals surface area (Å²) in [5.41, 5.74) is 2.31. The third-order valence-corrected chi connectivity index (χ3v) is 4.79. The van der Waals surface area contributed by atoms with Crippen LogP contribution in [-0.2, 0) is 13.2 Å². The highest BCUT2D eigenvalue weighted by molar-refractivity contribution is 9.10. The van der Waals surface area contributed by atoms with Crippen LogP contribution in [0.2, 0.25) is 5.02 Å². The molecule has 0 unspecified atom stereocenters. The Morgan fingerprint density at radius 3 is 2.52 bits per heavy atom. The maximum atomic E-state index is 13.8. The maximum Gasteiger partial charge on any atom is 0.137 e. The summed E-state index contributed by atoms with van der Waals surface area (Å²) in [6.45, 7) is 0.685. The van der Waals surface area contributed by atoms with E-state index in [1.165, 1.54) is 6.07 Å². The molecule has 3 nitrogen and oxygen atoms in total. The first kappa shape index (κ1) is 19.5. The highest BCUT2D eigenvalue weighted by atomic mass is 79.9. The van der Waals surface area contributed by atoms with Gasteiger partial charge in [-0.05, 0) is 42.5 Å². The van der Waals surface area contributed by atoms with E-state index in [9.17, 15) is 4.39 Å². The number of ether oxygens (including phenoxy) is 2. The Morgan fingerprint density at radius 1 is 1.00 bits per heavy atom. The Bertz CT molecular complexity index is 936. The molecule has 0 aliphatic carbocycles. The largest absolute Gasteiger partial charge is 0.495 e. The fourth-order valence-corrected chi connectivity index (χ4v) is 3.24. The van der Waals surface area contributed by atoms with Gasteiger partial charge in [0.25, 0.3) is 0 Å². The van der Waals surface area contributed by atoms with Crippen molar-refractivity contribution in [1.82, 2.24) is 0 Å². The zero-order chi connectivity index (χ0) is 19.2. The molecule has 6 heteroatoms. The van der Waals surface area contributed by atoms with Crippen molar-refractivity contribution < 1.29 is 13.9 Å². The van der Waals surface area contributed by atoms with E-state index in [4.69, 9.17) is 21.1 Å². The van der Waals surface area contributed by atoms with Crippen molar-refractivity contribution in [2.45, 2.75) is 13.2 Å². The van der Waals surface area contributed by atoms with Crippen LogP contribution in [0.4, 0.5) is 10.1 Å². The summed E-state index contributed by atoms with van der Waals surface area (Å²) in [5.74, 6) is 1.04. The zero-order valence-electron chi connectivity index (χ0n) is 14.6. The molecule has 0 radical (unpaired) electrons. The Kier molecular flexibility index (Phi) is 6.58. The quantitative estimate of drug-likeness (QED) is 0.449. The van der Waals surface area contributed by atoms with Crippen LogP contribution in [0.3, 0.4) is 0 Å². The second-order valence-electron chi connectivity index (χ2n) is 5.84. The average Bonchev–Trinajstić information content (AvgIpc) is 2.67. The van der Waals surface area contributed by atoms with Crippen LogP contribution in [0.15, 0.2) is 65.1 Å². The number of anilines is 1. The highest BCUT2D eigenvalue weighted by Gasteiger charge is 2.08. The summed E-state index contributed by atoms with van der Waals surface area (Å²) in [4.78, 5) is 0. The van der Waals surface area contributed by atoms with Gasteiger partial charge in [-0.15, -0.1) is 0 Å². The molecule has 0 atom stereocenters. The van der Waals surface area contributed by atoms with E-state index in [1.807, 2.05) is 24.3 Å². The Balaban J connectivity index is 1.72. The predicted molar refractivity (Wildman–Crippen MR) is 110 cm³/mol. The molecule has 0 bridgehead atoms. The molecule has 0 heterocycles. The van der Waals surface area contributed by atoms with Crippen molar-refractivity contribution in [2.24, 2.45) is 0 Å². The SMILES string of the molecule is COc1ccc(NCc2cc(Br)ccc2OCc2ccccc2F)cc1Cl. The lowest BCUT2D eigenvalue weighted by Gasteiger charge is -2.14. The Hall–Kier alpha value is -2.24. The second kappa shape index (κ2) is 9.11. The molecule has 140 valence electrons. The molecule has 0 saturated heterocycles. The molecule has 3 aromatic carbocycles. The van der Waals surface area contributed by atoms with Crippen molar-refractivity contribution in [3.8, 4) is 11.5 Å². The Morgan fingerprint density at radius 2 is 1.78 bits per heavy atom. The van der Waals surface area contributed by atoms with E-state index in [-0.39, 0.29) is 12.4 Å². The van der Waals surface area contributed by atoms with Crippen LogP contribution in [0.1, 0.15) is 11.1 Å². The fourth-order valence-electron chi connectivity index (χ4n) is 2.57. The third-order valence-electron chi connectivity index (χ3n) is 4.00. The van der Waals surface area contributed by atoms with Crippen molar-refractivity contribution in [1.29, 1.82) is 0 Å². The molecule has 0 spiro atoms. The lowest BCUT2D eigenvalue weighted by molar-refractivity contribution is 0.297. The number of hydrogen-bond acceptors (Lipinski definition) is 3. The van der Waals surface area contributed by atoms with Gasteiger partial charge in [0.15, 0.2) is 0 Å². The molecule has 0 fully saturated rings. The molecule has 0 aromatic heterocycles. The summed E-state index contributed by atoms with van der Waals surface area (Å²) in [7, 11) is 1.58. The smallest absolute Gasteiger partial charge is 0.137 e. The summed E-state index contributed by atoms with van der Waals surface area (Å²) in [6, 6.07) is 17.8. The van der Waals surface area contributed by atoms with Gasteiger partial charge in [-0.3, -0.25) is 0 Å². The van der Waals surface area contributed by atoms with Gasteiger partial charge in [-0.1, -0.05) is 45.7 Å². The molecule has 0 aliphatic heterocycles. The highest BCUT2D eigenvalue weighted by Crippen LogP contribution is 2.29. The molecule has 3 rings (SSSR count). The lowest BCUT2D eigenvalue weighted by atomic mass is 10.2.